The van der Waals surface area contributed by atoms with Crippen molar-refractivity contribution in [3.8, 4) is 6.07 Å². The van der Waals surface area contributed by atoms with Gasteiger partial charge in [0.2, 0.25) is 0 Å². The maximum absolute atomic E-state index is 8.26. The molecule has 0 aromatic carbocycles. The van der Waals surface area contributed by atoms with Crippen molar-refractivity contribution in [3.05, 3.63) is 12.2 Å². The molecule has 0 fully saturated rings. The monoisotopic (exact) mass is 109 g/mol. The van der Waals surface area contributed by atoms with E-state index in [1.807, 2.05) is 6.07 Å². The van der Waals surface area contributed by atoms with Gasteiger partial charge in [0.05, 0.1) is 12.2 Å². The van der Waals surface area contributed by atoms with E-state index in [1.165, 1.54) is 0 Å². The Kier molecular flexibility index (Phi) is 1.29. The highest BCUT2D eigenvalue weighted by atomic mass is 15.1. The zero-order valence-electron chi connectivity index (χ0n) is 4.33. The van der Waals surface area contributed by atoms with Crippen LogP contribution < -0.4 is 11.1 Å². The number of nitrogens with zero attached hydrogens (tertiary/aromatic N) is 1. The van der Waals surface area contributed by atoms with Crippen molar-refractivity contribution in [1.29, 1.82) is 5.26 Å². The molecular weight excluding hydrogens is 102 g/mol. The Labute approximate surface area is 47.8 Å². The van der Waals surface area contributed by atoms with E-state index in [0.717, 1.165) is 0 Å². The van der Waals surface area contributed by atoms with Gasteiger partial charge >= 0.3 is 0 Å². The number of nitrogens with one attached hydrogen (secondary N) is 1. The van der Waals surface area contributed by atoms with E-state index in [2.05, 4.69) is 5.32 Å². The van der Waals surface area contributed by atoms with Crippen molar-refractivity contribution in [1.82, 2.24) is 5.32 Å². The Morgan fingerprint density at radius 1 is 1.62 bits per heavy atom. The lowest BCUT2D eigenvalue weighted by atomic mass is 10.4. The van der Waals surface area contributed by atoms with E-state index in [-0.39, 0.29) is 12.2 Å². The molecule has 0 bridgehead atoms. The number of rotatable bonds is 0. The van der Waals surface area contributed by atoms with Crippen LogP contribution in [0.15, 0.2) is 12.2 Å². The van der Waals surface area contributed by atoms with Crippen molar-refractivity contribution in [2.45, 2.75) is 12.2 Å². The maximum Gasteiger partial charge on any atom is 0.115 e. The molecule has 1 aliphatic heterocycles. The van der Waals surface area contributed by atoms with Crippen LogP contribution in [-0.4, -0.2) is 12.2 Å². The molecule has 3 heteroatoms. The molecule has 0 aromatic heterocycles. The Morgan fingerprint density at radius 3 is 2.62 bits per heavy atom. The fraction of sp³-hybridized carbons (Fsp3) is 0.400. The van der Waals surface area contributed by atoms with Gasteiger partial charge in [-0.25, -0.2) is 0 Å². The van der Waals surface area contributed by atoms with Crippen molar-refractivity contribution in [3.63, 3.8) is 0 Å². The van der Waals surface area contributed by atoms with Crippen LogP contribution in [0, 0.1) is 11.3 Å². The van der Waals surface area contributed by atoms with Crippen LogP contribution in [0.1, 0.15) is 0 Å². The summed E-state index contributed by atoms with van der Waals surface area (Å²) in [4.78, 5) is 0. The third-order valence-corrected chi connectivity index (χ3v) is 1.02. The van der Waals surface area contributed by atoms with Gasteiger partial charge in [-0.05, 0) is 0 Å². The van der Waals surface area contributed by atoms with Crippen LogP contribution in [0.5, 0.6) is 0 Å². The van der Waals surface area contributed by atoms with Gasteiger partial charge in [0, 0.05) is 0 Å². The second-order valence-electron chi connectivity index (χ2n) is 1.68. The largest absolute Gasteiger partial charge is 0.313 e. The van der Waals surface area contributed by atoms with E-state index in [1.54, 1.807) is 12.2 Å². The van der Waals surface area contributed by atoms with Gasteiger partial charge < -0.3 is 5.73 Å². The van der Waals surface area contributed by atoms with Crippen LogP contribution in [0.25, 0.3) is 0 Å². The number of hydrogen-bond acceptors (Lipinski definition) is 3. The van der Waals surface area contributed by atoms with Gasteiger partial charge in [0.25, 0.3) is 0 Å². The summed E-state index contributed by atoms with van der Waals surface area (Å²) in [6.07, 6.45) is 3.40. The van der Waals surface area contributed by atoms with Crippen LogP contribution in [0.4, 0.5) is 0 Å². The highest BCUT2D eigenvalue weighted by Crippen LogP contribution is 1.94. The molecular formula is C5H7N3. The number of nitrogens with two attached hydrogens (primary N) is 1. The lowest BCUT2D eigenvalue weighted by Gasteiger charge is -2.00. The summed E-state index contributed by atoms with van der Waals surface area (Å²) in [6, 6.07) is 1.84. The average molecular weight is 109 g/mol. The Morgan fingerprint density at radius 2 is 2.38 bits per heavy atom. The lowest BCUT2D eigenvalue weighted by Crippen LogP contribution is -2.35. The second-order valence-corrected chi connectivity index (χ2v) is 1.68. The molecule has 0 amide bonds. The molecule has 0 spiro atoms. The molecule has 0 aliphatic carbocycles. The number of nitriles is 1. The van der Waals surface area contributed by atoms with Crippen LogP contribution in [0.2, 0.25) is 0 Å². The minimum atomic E-state index is -0.176. The zero-order valence-corrected chi connectivity index (χ0v) is 4.33. The van der Waals surface area contributed by atoms with Crippen LogP contribution in [-0.2, 0) is 0 Å². The van der Waals surface area contributed by atoms with Gasteiger partial charge in [-0.15, -0.1) is 0 Å². The van der Waals surface area contributed by atoms with E-state index in [4.69, 9.17) is 11.0 Å². The highest BCUT2D eigenvalue weighted by molar-refractivity contribution is 5.15. The van der Waals surface area contributed by atoms with Crippen molar-refractivity contribution < 1.29 is 0 Å². The van der Waals surface area contributed by atoms with E-state index < -0.39 is 0 Å². The predicted octanol–water partition coefficient (Wildman–Crippen LogP) is -0.677. The molecule has 1 rings (SSSR count). The van der Waals surface area contributed by atoms with Gasteiger partial charge in [0.1, 0.15) is 6.04 Å². The summed E-state index contributed by atoms with van der Waals surface area (Å²) >= 11 is 0. The number of hydrogen-bond donors (Lipinski definition) is 2. The summed E-state index contributed by atoms with van der Waals surface area (Å²) in [5.41, 5.74) is 5.35. The molecule has 3 nitrogen and oxygen atoms in total. The quantitative estimate of drug-likeness (QED) is 0.405. The van der Waals surface area contributed by atoms with Crippen molar-refractivity contribution in [2.75, 3.05) is 0 Å². The Bertz CT molecular complexity index is 144. The van der Waals surface area contributed by atoms with Crippen LogP contribution >= 0.6 is 0 Å². The molecule has 8 heavy (non-hydrogen) atoms. The smallest absolute Gasteiger partial charge is 0.115 e. The lowest BCUT2D eigenvalue weighted by molar-refractivity contribution is 0.646. The van der Waals surface area contributed by atoms with Gasteiger partial charge in [-0.3, -0.25) is 5.32 Å². The minimum absolute atomic E-state index is 0.125. The molecule has 0 saturated heterocycles. The highest BCUT2D eigenvalue weighted by Gasteiger charge is 2.11. The molecule has 0 saturated carbocycles. The normalized spacial score (nSPS) is 35.0. The fourth-order valence-corrected chi connectivity index (χ4v) is 0.630. The third-order valence-electron chi connectivity index (χ3n) is 1.02. The summed E-state index contributed by atoms with van der Waals surface area (Å²) in [6.45, 7) is 0. The Balaban J connectivity index is 2.49. The molecule has 2 unspecified atom stereocenters. The topological polar surface area (TPSA) is 61.8 Å². The van der Waals surface area contributed by atoms with E-state index >= 15 is 0 Å². The van der Waals surface area contributed by atoms with Gasteiger partial charge in [-0.1, -0.05) is 12.2 Å². The van der Waals surface area contributed by atoms with E-state index in [0.29, 0.717) is 0 Å². The van der Waals surface area contributed by atoms with Crippen molar-refractivity contribution in [2.24, 2.45) is 5.73 Å². The summed E-state index contributed by atoms with van der Waals surface area (Å²) < 4.78 is 0. The fourth-order valence-electron chi connectivity index (χ4n) is 0.630. The van der Waals surface area contributed by atoms with Gasteiger partial charge in [-0.2, -0.15) is 5.26 Å². The van der Waals surface area contributed by atoms with Crippen LogP contribution in [0.3, 0.4) is 0 Å². The molecule has 42 valence electrons. The maximum atomic E-state index is 8.26. The molecule has 0 aromatic rings. The predicted molar refractivity (Wildman–Crippen MR) is 29.7 cm³/mol. The molecule has 1 aliphatic rings. The SMILES string of the molecule is N#CC1C=CC(N)N1. The first-order valence-corrected chi connectivity index (χ1v) is 2.42. The first kappa shape index (κ1) is 5.29. The first-order chi connectivity index (χ1) is 3.83. The molecule has 0 radical (unpaired) electrons. The summed E-state index contributed by atoms with van der Waals surface area (Å²) in [7, 11) is 0. The molecule has 3 N–H and O–H groups in total. The zero-order chi connectivity index (χ0) is 5.98. The molecule has 2 atom stereocenters. The summed E-state index contributed by atoms with van der Waals surface area (Å²) in [5, 5.41) is 11.1. The first-order valence-electron chi connectivity index (χ1n) is 2.42. The van der Waals surface area contributed by atoms with Crippen molar-refractivity contribution >= 4 is 0 Å². The second kappa shape index (κ2) is 1.95. The van der Waals surface area contributed by atoms with E-state index in [9.17, 15) is 0 Å². The average Bonchev–Trinajstić information content (AvgIpc) is 2.14. The van der Waals surface area contributed by atoms with Gasteiger partial charge in [0.15, 0.2) is 0 Å². The molecule has 1 heterocycles. The Hall–Kier alpha value is -0.850. The summed E-state index contributed by atoms with van der Waals surface area (Å²) in [5.74, 6) is 0. The standard InChI is InChI=1S/C5H7N3/c6-3-4-1-2-5(7)8-4/h1-2,4-5,8H,7H2. The minimum Gasteiger partial charge on any atom is -0.313 e. The third kappa shape index (κ3) is 0.861.